The molecule has 0 spiro atoms. The SMILES string of the molecule is CCOC(=O)C1=C(CN2CCN(C(=O)NC(C)(C)C)[C@H](C)C2)N(C)C(=O)N[C@H]1c1cc(OC)ccc1OC. The van der Waals surface area contributed by atoms with E-state index in [4.69, 9.17) is 14.2 Å². The van der Waals surface area contributed by atoms with Crippen molar-refractivity contribution in [2.24, 2.45) is 0 Å². The molecular weight excluding hydrogens is 490 g/mol. The van der Waals surface area contributed by atoms with Gasteiger partial charge in [0.1, 0.15) is 11.5 Å². The molecule has 1 aromatic rings. The second-order valence-corrected chi connectivity index (χ2v) is 10.6. The molecule has 0 bridgehead atoms. The second-order valence-electron chi connectivity index (χ2n) is 10.6. The average molecular weight is 532 g/mol. The van der Waals surface area contributed by atoms with Crippen LogP contribution in [0.25, 0.3) is 0 Å². The van der Waals surface area contributed by atoms with E-state index in [1.807, 2.05) is 32.6 Å². The van der Waals surface area contributed by atoms with E-state index in [0.29, 0.717) is 54.5 Å². The number of carbonyl (C=O) groups excluding carboxylic acids is 3. The first-order chi connectivity index (χ1) is 17.9. The standard InChI is InChI=1S/C27H41N5O6/c1-9-38-24(33)22-20(16-31-12-13-32(17(2)15-31)26(35)29-27(3,4)5)30(6)25(34)28-23(22)19-14-18(36-7)10-11-21(19)37-8/h10-11,14,17,23H,9,12-13,15-16H2,1-8H3,(H,28,34)(H,29,35)/t17-,23+/m1/s1. The van der Waals surface area contributed by atoms with E-state index in [1.54, 1.807) is 39.3 Å². The molecule has 38 heavy (non-hydrogen) atoms. The van der Waals surface area contributed by atoms with Crippen molar-refractivity contribution in [2.75, 3.05) is 54.1 Å². The third-order valence-corrected chi connectivity index (χ3v) is 6.65. The number of piperazine rings is 1. The molecule has 2 N–H and O–H groups in total. The number of esters is 1. The lowest BCUT2D eigenvalue weighted by atomic mass is 9.93. The third-order valence-electron chi connectivity index (χ3n) is 6.65. The fourth-order valence-corrected chi connectivity index (χ4v) is 4.78. The van der Waals surface area contributed by atoms with Crippen molar-refractivity contribution in [3.8, 4) is 11.5 Å². The van der Waals surface area contributed by atoms with E-state index in [9.17, 15) is 14.4 Å². The third kappa shape index (κ3) is 6.50. The molecule has 11 heteroatoms. The van der Waals surface area contributed by atoms with Gasteiger partial charge in [0.2, 0.25) is 0 Å². The van der Waals surface area contributed by atoms with Gasteiger partial charge in [0.05, 0.1) is 32.4 Å². The lowest BCUT2D eigenvalue weighted by Crippen LogP contribution is -2.59. The van der Waals surface area contributed by atoms with Gasteiger partial charge in [-0.1, -0.05) is 0 Å². The summed E-state index contributed by atoms with van der Waals surface area (Å²) in [6, 6.07) is 3.94. The first-order valence-corrected chi connectivity index (χ1v) is 12.9. The van der Waals surface area contributed by atoms with Gasteiger partial charge in [0.15, 0.2) is 0 Å². The molecule has 0 saturated carbocycles. The fraction of sp³-hybridized carbons (Fsp3) is 0.593. The Hall–Kier alpha value is -3.47. The van der Waals surface area contributed by atoms with Crippen molar-refractivity contribution in [3.05, 3.63) is 35.0 Å². The van der Waals surface area contributed by atoms with Crippen LogP contribution in [0.1, 0.15) is 46.2 Å². The Morgan fingerprint density at radius 1 is 1.16 bits per heavy atom. The van der Waals surface area contributed by atoms with Crippen LogP contribution in [0, 0.1) is 0 Å². The van der Waals surface area contributed by atoms with E-state index in [2.05, 4.69) is 15.5 Å². The maximum Gasteiger partial charge on any atom is 0.338 e. The molecule has 0 aromatic heterocycles. The van der Waals surface area contributed by atoms with E-state index in [0.717, 1.165) is 0 Å². The van der Waals surface area contributed by atoms with E-state index >= 15 is 0 Å². The van der Waals surface area contributed by atoms with Crippen LogP contribution in [0.4, 0.5) is 9.59 Å². The van der Waals surface area contributed by atoms with Crippen molar-refractivity contribution in [2.45, 2.75) is 52.2 Å². The number of hydrogen-bond acceptors (Lipinski definition) is 7. The molecule has 1 saturated heterocycles. The molecule has 210 valence electrons. The number of nitrogens with zero attached hydrogens (tertiary/aromatic N) is 3. The minimum atomic E-state index is -0.797. The molecule has 4 amide bonds. The zero-order valence-corrected chi connectivity index (χ0v) is 23.7. The van der Waals surface area contributed by atoms with Crippen LogP contribution in [0.15, 0.2) is 29.5 Å². The fourth-order valence-electron chi connectivity index (χ4n) is 4.78. The van der Waals surface area contributed by atoms with Gasteiger partial charge in [-0.2, -0.15) is 0 Å². The summed E-state index contributed by atoms with van der Waals surface area (Å²) < 4.78 is 16.4. The van der Waals surface area contributed by atoms with Crippen molar-refractivity contribution in [1.29, 1.82) is 0 Å². The van der Waals surface area contributed by atoms with Crippen LogP contribution >= 0.6 is 0 Å². The molecule has 2 heterocycles. The van der Waals surface area contributed by atoms with Crippen molar-refractivity contribution in [3.63, 3.8) is 0 Å². The Bertz CT molecular complexity index is 1080. The number of ether oxygens (including phenoxy) is 3. The zero-order valence-electron chi connectivity index (χ0n) is 23.7. The predicted molar refractivity (Wildman–Crippen MR) is 143 cm³/mol. The van der Waals surface area contributed by atoms with Crippen LogP contribution in [-0.4, -0.2) is 98.4 Å². The highest BCUT2D eigenvalue weighted by molar-refractivity contribution is 5.95. The smallest absolute Gasteiger partial charge is 0.338 e. The summed E-state index contributed by atoms with van der Waals surface area (Å²) in [7, 11) is 4.72. The molecule has 2 aliphatic heterocycles. The molecule has 1 fully saturated rings. The minimum absolute atomic E-state index is 0.0604. The number of carbonyl (C=O) groups is 3. The Balaban J connectivity index is 1.97. The van der Waals surface area contributed by atoms with E-state index in [-0.39, 0.29) is 30.2 Å². The zero-order chi connectivity index (χ0) is 28.2. The van der Waals surface area contributed by atoms with Crippen LogP contribution in [-0.2, 0) is 9.53 Å². The first kappa shape index (κ1) is 29.1. The highest BCUT2D eigenvalue weighted by Crippen LogP contribution is 2.38. The Kier molecular flexibility index (Phi) is 9.14. The molecule has 11 nitrogen and oxygen atoms in total. The molecule has 0 radical (unpaired) electrons. The normalized spacial score (nSPS) is 20.7. The summed E-state index contributed by atoms with van der Waals surface area (Å²) in [4.78, 5) is 44.7. The van der Waals surface area contributed by atoms with Gasteiger partial charge < -0.3 is 29.7 Å². The Morgan fingerprint density at radius 2 is 1.87 bits per heavy atom. The summed E-state index contributed by atoms with van der Waals surface area (Å²) in [5.41, 5.74) is 1.13. The molecule has 2 atom stereocenters. The Labute approximate surface area is 225 Å². The first-order valence-electron chi connectivity index (χ1n) is 12.9. The second kappa shape index (κ2) is 11.9. The van der Waals surface area contributed by atoms with Gasteiger partial charge in [-0.15, -0.1) is 0 Å². The largest absolute Gasteiger partial charge is 0.497 e. The van der Waals surface area contributed by atoms with Gasteiger partial charge in [-0.3, -0.25) is 9.80 Å². The number of urea groups is 2. The summed E-state index contributed by atoms with van der Waals surface area (Å²) in [5, 5.41) is 5.95. The van der Waals surface area contributed by atoms with Crippen LogP contribution in [0.5, 0.6) is 11.5 Å². The number of amides is 4. The monoisotopic (exact) mass is 531 g/mol. The summed E-state index contributed by atoms with van der Waals surface area (Å²) in [6.45, 7) is 11.8. The Morgan fingerprint density at radius 3 is 2.45 bits per heavy atom. The topological polar surface area (TPSA) is 113 Å². The number of benzene rings is 1. The highest BCUT2D eigenvalue weighted by atomic mass is 16.5. The maximum absolute atomic E-state index is 13.4. The molecular formula is C27H41N5O6. The van der Waals surface area contributed by atoms with Gasteiger partial charge >= 0.3 is 18.0 Å². The molecule has 2 aliphatic rings. The maximum atomic E-state index is 13.4. The van der Waals surface area contributed by atoms with Crippen molar-refractivity contribution >= 4 is 18.0 Å². The lowest BCUT2D eigenvalue weighted by Gasteiger charge is -2.43. The van der Waals surface area contributed by atoms with Crippen LogP contribution < -0.4 is 20.1 Å². The van der Waals surface area contributed by atoms with Gasteiger partial charge in [-0.25, -0.2) is 14.4 Å². The predicted octanol–water partition coefficient (Wildman–Crippen LogP) is 2.73. The highest BCUT2D eigenvalue weighted by Gasteiger charge is 2.39. The van der Waals surface area contributed by atoms with Gasteiger partial charge in [0, 0.05) is 56.1 Å². The van der Waals surface area contributed by atoms with Crippen molar-refractivity contribution in [1.82, 2.24) is 25.3 Å². The number of rotatable bonds is 7. The van der Waals surface area contributed by atoms with Crippen molar-refractivity contribution < 1.29 is 28.6 Å². The summed E-state index contributed by atoms with van der Waals surface area (Å²) >= 11 is 0. The summed E-state index contributed by atoms with van der Waals surface area (Å²) in [5.74, 6) is 0.562. The number of hydrogen-bond donors (Lipinski definition) is 2. The quantitative estimate of drug-likeness (QED) is 0.520. The summed E-state index contributed by atoms with van der Waals surface area (Å²) in [6.07, 6.45) is 0. The molecule has 1 aromatic carbocycles. The number of nitrogens with one attached hydrogen (secondary N) is 2. The van der Waals surface area contributed by atoms with E-state index in [1.165, 1.54) is 12.0 Å². The lowest BCUT2D eigenvalue weighted by molar-refractivity contribution is -0.139. The molecule has 0 aliphatic carbocycles. The average Bonchev–Trinajstić information content (AvgIpc) is 2.85. The number of likely N-dealkylation sites (N-methyl/N-ethyl adjacent to an activating group) is 1. The molecule has 3 rings (SSSR count). The van der Waals surface area contributed by atoms with Gasteiger partial charge in [-0.05, 0) is 52.8 Å². The molecule has 0 unspecified atom stereocenters. The van der Waals surface area contributed by atoms with Gasteiger partial charge in [0.25, 0.3) is 0 Å². The van der Waals surface area contributed by atoms with Crippen LogP contribution in [0.3, 0.4) is 0 Å². The van der Waals surface area contributed by atoms with Crippen LogP contribution in [0.2, 0.25) is 0 Å². The number of methoxy groups -OCH3 is 2. The van der Waals surface area contributed by atoms with E-state index < -0.39 is 12.0 Å². The minimum Gasteiger partial charge on any atom is -0.497 e.